The summed E-state index contributed by atoms with van der Waals surface area (Å²) in [6.45, 7) is 3.18. The Hall–Kier alpha value is -0.100. The van der Waals surface area contributed by atoms with Crippen LogP contribution in [0.25, 0.3) is 0 Å². The van der Waals surface area contributed by atoms with Gasteiger partial charge in [0, 0.05) is 10.2 Å². The standard InChI is InChI=1S/C12H16BrClO3S/c1-3-12(14,18(16,17)4-2)11(15)9-5-7-10(13)8-6-9/h5-8,11,15H,3-4H2,1-2H3/t11-,12-/m0/s1. The number of hydrogen-bond acceptors (Lipinski definition) is 3. The molecule has 1 N–H and O–H groups in total. The number of benzene rings is 1. The summed E-state index contributed by atoms with van der Waals surface area (Å²) in [5.74, 6) is -0.0993. The molecular weight excluding hydrogens is 340 g/mol. The van der Waals surface area contributed by atoms with Crippen LogP contribution in [-0.2, 0) is 9.84 Å². The van der Waals surface area contributed by atoms with Crippen molar-refractivity contribution in [1.82, 2.24) is 0 Å². The van der Waals surface area contributed by atoms with Crippen molar-refractivity contribution in [3.63, 3.8) is 0 Å². The van der Waals surface area contributed by atoms with Crippen molar-refractivity contribution in [3.8, 4) is 0 Å². The average Bonchev–Trinajstić information content (AvgIpc) is 2.37. The predicted molar refractivity (Wildman–Crippen MR) is 77.4 cm³/mol. The highest BCUT2D eigenvalue weighted by molar-refractivity contribution is 9.10. The normalized spacial score (nSPS) is 17.2. The second kappa shape index (κ2) is 5.90. The van der Waals surface area contributed by atoms with Gasteiger partial charge in [0.25, 0.3) is 0 Å². The fourth-order valence-electron chi connectivity index (χ4n) is 1.72. The molecule has 1 aromatic carbocycles. The molecule has 0 aliphatic heterocycles. The summed E-state index contributed by atoms with van der Waals surface area (Å²) in [6, 6.07) is 6.80. The van der Waals surface area contributed by atoms with E-state index in [0.717, 1.165) is 4.47 Å². The van der Waals surface area contributed by atoms with Crippen LogP contribution in [0.15, 0.2) is 28.7 Å². The van der Waals surface area contributed by atoms with Crippen LogP contribution in [0.1, 0.15) is 31.9 Å². The number of alkyl halides is 1. The van der Waals surface area contributed by atoms with Crippen molar-refractivity contribution in [2.75, 3.05) is 5.75 Å². The molecule has 102 valence electrons. The largest absolute Gasteiger partial charge is 0.385 e. The first kappa shape index (κ1) is 16.0. The van der Waals surface area contributed by atoms with Gasteiger partial charge in [-0.1, -0.05) is 53.5 Å². The van der Waals surface area contributed by atoms with E-state index in [9.17, 15) is 13.5 Å². The SMILES string of the molecule is CC[C@@](Cl)([C@@H](O)c1ccc(Br)cc1)S(=O)(=O)CC. The van der Waals surface area contributed by atoms with E-state index in [0.29, 0.717) is 5.56 Å². The van der Waals surface area contributed by atoms with Gasteiger partial charge < -0.3 is 5.11 Å². The third kappa shape index (κ3) is 2.90. The van der Waals surface area contributed by atoms with E-state index >= 15 is 0 Å². The summed E-state index contributed by atoms with van der Waals surface area (Å²) in [6.07, 6.45) is -1.11. The lowest BCUT2D eigenvalue weighted by Crippen LogP contribution is -2.39. The third-order valence-corrected chi connectivity index (χ3v) is 6.99. The molecule has 18 heavy (non-hydrogen) atoms. The summed E-state index contributed by atoms with van der Waals surface area (Å²) in [7, 11) is -3.56. The number of aliphatic hydroxyl groups excluding tert-OH is 1. The van der Waals surface area contributed by atoms with Gasteiger partial charge in [-0.2, -0.15) is 0 Å². The minimum Gasteiger partial charge on any atom is -0.385 e. The molecule has 0 heterocycles. The monoisotopic (exact) mass is 354 g/mol. The Morgan fingerprint density at radius 3 is 2.22 bits per heavy atom. The number of hydrogen-bond donors (Lipinski definition) is 1. The van der Waals surface area contributed by atoms with Crippen LogP contribution in [0.2, 0.25) is 0 Å². The summed E-state index contributed by atoms with van der Waals surface area (Å²) < 4.78 is 23.2. The highest BCUT2D eigenvalue weighted by Crippen LogP contribution is 2.40. The zero-order valence-corrected chi connectivity index (χ0v) is 13.4. The number of halogens is 2. The van der Waals surface area contributed by atoms with Gasteiger partial charge in [0.15, 0.2) is 14.0 Å². The van der Waals surface area contributed by atoms with Crippen molar-refractivity contribution in [1.29, 1.82) is 0 Å². The van der Waals surface area contributed by atoms with Crippen LogP contribution in [0.5, 0.6) is 0 Å². The lowest BCUT2D eigenvalue weighted by Gasteiger charge is -2.30. The molecule has 0 aliphatic carbocycles. The topological polar surface area (TPSA) is 54.4 Å². The second-order valence-corrected chi connectivity index (χ2v) is 8.35. The molecule has 6 heteroatoms. The van der Waals surface area contributed by atoms with Crippen LogP contribution >= 0.6 is 27.5 Å². The molecule has 0 aliphatic rings. The molecule has 2 atom stereocenters. The highest BCUT2D eigenvalue weighted by atomic mass is 79.9. The summed E-state index contributed by atoms with van der Waals surface area (Å²) >= 11 is 9.47. The molecule has 0 saturated heterocycles. The zero-order chi connectivity index (χ0) is 14.0. The van der Waals surface area contributed by atoms with Crippen molar-refractivity contribution in [2.24, 2.45) is 0 Å². The Labute approximate surface area is 121 Å². The summed E-state index contributed by atoms with van der Waals surface area (Å²) in [5, 5.41) is 10.3. The molecule has 0 saturated carbocycles. The van der Waals surface area contributed by atoms with Gasteiger partial charge in [-0.15, -0.1) is 0 Å². The lowest BCUT2D eigenvalue weighted by atomic mass is 10.0. The highest BCUT2D eigenvalue weighted by Gasteiger charge is 2.46. The average molecular weight is 356 g/mol. The Kier molecular flexibility index (Phi) is 5.23. The number of sulfone groups is 1. The molecule has 0 amide bonds. The Morgan fingerprint density at radius 2 is 1.83 bits per heavy atom. The smallest absolute Gasteiger partial charge is 0.175 e. The summed E-state index contributed by atoms with van der Waals surface area (Å²) in [4.78, 5) is 0. The molecule has 1 aromatic rings. The van der Waals surface area contributed by atoms with Crippen LogP contribution < -0.4 is 0 Å². The zero-order valence-electron chi connectivity index (χ0n) is 10.2. The maximum absolute atomic E-state index is 12.0. The van der Waals surface area contributed by atoms with E-state index in [2.05, 4.69) is 15.9 Å². The van der Waals surface area contributed by atoms with Gasteiger partial charge in [0.2, 0.25) is 0 Å². The maximum Gasteiger partial charge on any atom is 0.175 e. The van der Waals surface area contributed by atoms with Gasteiger partial charge in [-0.05, 0) is 24.1 Å². The van der Waals surface area contributed by atoms with Gasteiger partial charge in [0.1, 0.15) is 6.10 Å². The molecule has 1 rings (SSSR count). The first-order chi connectivity index (χ1) is 8.28. The van der Waals surface area contributed by atoms with E-state index < -0.39 is 20.1 Å². The first-order valence-corrected chi connectivity index (χ1v) is 8.45. The fraction of sp³-hybridized carbons (Fsp3) is 0.500. The molecule has 0 bridgehead atoms. The van der Waals surface area contributed by atoms with Crippen LogP contribution in [-0.4, -0.2) is 23.5 Å². The first-order valence-electron chi connectivity index (χ1n) is 5.63. The van der Waals surface area contributed by atoms with E-state index in [1.807, 2.05) is 0 Å². The minimum atomic E-state index is -3.56. The molecular formula is C12H16BrClO3S. The van der Waals surface area contributed by atoms with Crippen LogP contribution in [0.4, 0.5) is 0 Å². The van der Waals surface area contributed by atoms with Gasteiger partial charge in [-0.3, -0.25) is 0 Å². The van der Waals surface area contributed by atoms with Crippen molar-refractivity contribution in [3.05, 3.63) is 34.3 Å². The Balaban J connectivity index is 3.21. The summed E-state index contributed by atoms with van der Waals surface area (Å²) in [5.41, 5.74) is 0.493. The maximum atomic E-state index is 12.0. The van der Waals surface area contributed by atoms with Crippen molar-refractivity contribution >= 4 is 37.4 Å². The van der Waals surface area contributed by atoms with Crippen LogP contribution in [0.3, 0.4) is 0 Å². The molecule has 0 fully saturated rings. The van der Waals surface area contributed by atoms with Gasteiger partial charge in [0.05, 0.1) is 0 Å². The lowest BCUT2D eigenvalue weighted by molar-refractivity contribution is 0.154. The molecule has 0 unspecified atom stereocenters. The van der Waals surface area contributed by atoms with Crippen LogP contribution in [0, 0.1) is 0 Å². The Morgan fingerprint density at radius 1 is 1.33 bits per heavy atom. The second-order valence-electron chi connectivity index (χ2n) is 4.00. The predicted octanol–water partition coefficient (Wildman–Crippen LogP) is 3.26. The van der Waals surface area contributed by atoms with E-state index in [-0.39, 0.29) is 12.2 Å². The molecule has 0 spiro atoms. The Bertz CT molecular complexity index is 501. The van der Waals surface area contributed by atoms with E-state index in [4.69, 9.17) is 11.6 Å². The molecule has 3 nitrogen and oxygen atoms in total. The van der Waals surface area contributed by atoms with Gasteiger partial charge in [-0.25, -0.2) is 8.42 Å². The minimum absolute atomic E-state index is 0.0993. The van der Waals surface area contributed by atoms with E-state index in [1.54, 1.807) is 31.2 Å². The number of aliphatic hydroxyl groups is 1. The molecule has 0 radical (unpaired) electrons. The van der Waals surface area contributed by atoms with Crippen molar-refractivity contribution < 1.29 is 13.5 Å². The molecule has 0 aromatic heterocycles. The fourth-order valence-corrected chi connectivity index (χ4v) is 3.83. The van der Waals surface area contributed by atoms with Gasteiger partial charge >= 0.3 is 0 Å². The van der Waals surface area contributed by atoms with Crippen molar-refractivity contribution in [2.45, 2.75) is 30.6 Å². The quantitative estimate of drug-likeness (QED) is 0.825. The third-order valence-electron chi connectivity index (χ3n) is 2.97. The van der Waals surface area contributed by atoms with E-state index in [1.165, 1.54) is 6.92 Å². The number of rotatable bonds is 5.